The largest absolute Gasteiger partial charge is 0.461 e. The van der Waals surface area contributed by atoms with Crippen LogP contribution < -0.4 is 5.73 Å². The van der Waals surface area contributed by atoms with Gasteiger partial charge in [-0.05, 0) is 20.8 Å². The second kappa shape index (κ2) is 6.04. The molecular formula is C12H22N2O4. The predicted molar refractivity (Wildman–Crippen MR) is 66.0 cm³/mol. The van der Waals surface area contributed by atoms with Crippen molar-refractivity contribution in [3.8, 4) is 0 Å². The summed E-state index contributed by atoms with van der Waals surface area (Å²) in [5.74, 6) is -0.397. The Kier molecular flexibility index (Phi) is 4.95. The summed E-state index contributed by atoms with van der Waals surface area (Å²) in [5, 5.41) is 0. The Morgan fingerprint density at radius 1 is 1.28 bits per heavy atom. The second-order valence-corrected chi connectivity index (χ2v) is 5.36. The molecule has 1 fully saturated rings. The van der Waals surface area contributed by atoms with Crippen molar-refractivity contribution in [1.29, 1.82) is 0 Å². The van der Waals surface area contributed by atoms with Crippen molar-refractivity contribution in [1.82, 2.24) is 4.90 Å². The third-order valence-corrected chi connectivity index (χ3v) is 2.56. The molecule has 0 aromatic rings. The minimum absolute atomic E-state index is 0.105. The zero-order chi connectivity index (χ0) is 13.8. The number of esters is 1. The summed E-state index contributed by atoms with van der Waals surface area (Å²) >= 11 is 0. The average Bonchev–Trinajstić information content (AvgIpc) is 2.27. The maximum absolute atomic E-state index is 11.8. The van der Waals surface area contributed by atoms with Gasteiger partial charge in [-0.2, -0.15) is 0 Å². The van der Waals surface area contributed by atoms with Crippen molar-refractivity contribution < 1.29 is 19.1 Å². The van der Waals surface area contributed by atoms with E-state index < -0.39 is 11.6 Å². The maximum atomic E-state index is 11.8. The topological polar surface area (TPSA) is 81.9 Å². The Labute approximate surface area is 107 Å². The summed E-state index contributed by atoms with van der Waals surface area (Å²) in [6.45, 7) is 6.48. The molecular weight excluding hydrogens is 236 g/mol. The first-order valence-electron chi connectivity index (χ1n) is 6.19. The molecule has 1 aliphatic rings. The zero-order valence-electron chi connectivity index (χ0n) is 11.3. The van der Waals surface area contributed by atoms with Crippen LogP contribution in [0.2, 0.25) is 0 Å². The van der Waals surface area contributed by atoms with Gasteiger partial charge in [0.05, 0.1) is 6.54 Å². The molecule has 2 N–H and O–H groups in total. The summed E-state index contributed by atoms with van der Waals surface area (Å²) in [7, 11) is 0. The molecule has 6 heteroatoms. The Hall–Kier alpha value is -1.30. The number of carbonyl (C=O) groups excluding carboxylic acids is 2. The number of ether oxygens (including phenoxy) is 2. The highest BCUT2D eigenvalue weighted by Crippen LogP contribution is 2.17. The fourth-order valence-electron chi connectivity index (χ4n) is 1.72. The highest BCUT2D eigenvalue weighted by atomic mass is 16.6. The molecule has 104 valence electrons. The number of piperidine rings is 1. The number of nitrogens with two attached hydrogens (primary N) is 1. The fraction of sp³-hybridized carbons (Fsp3) is 0.833. The van der Waals surface area contributed by atoms with Gasteiger partial charge in [-0.1, -0.05) is 0 Å². The third-order valence-electron chi connectivity index (χ3n) is 2.56. The SMILES string of the molecule is CC(C)(C)OC(=O)N1CCC(OC(=O)CN)CC1. The molecule has 18 heavy (non-hydrogen) atoms. The smallest absolute Gasteiger partial charge is 0.410 e. The molecule has 0 aromatic heterocycles. The Morgan fingerprint density at radius 3 is 2.28 bits per heavy atom. The molecule has 0 saturated carbocycles. The Bertz CT molecular complexity index is 304. The highest BCUT2D eigenvalue weighted by Gasteiger charge is 2.28. The van der Waals surface area contributed by atoms with E-state index >= 15 is 0 Å². The van der Waals surface area contributed by atoms with Crippen molar-refractivity contribution in [3.63, 3.8) is 0 Å². The standard InChI is InChI=1S/C12H22N2O4/c1-12(2,3)18-11(16)14-6-4-9(5-7-14)17-10(15)8-13/h9H,4-8,13H2,1-3H3. The van der Waals surface area contributed by atoms with E-state index in [9.17, 15) is 9.59 Å². The van der Waals surface area contributed by atoms with Crippen LogP contribution >= 0.6 is 0 Å². The van der Waals surface area contributed by atoms with E-state index in [2.05, 4.69) is 0 Å². The first-order chi connectivity index (χ1) is 8.31. The van der Waals surface area contributed by atoms with E-state index in [4.69, 9.17) is 15.2 Å². The van der Waals surface area contributed by atoms with Crippen LogP contribution in [0.4, 0.5) is 4.79 Å². The first kappa shape index (κ1) is 14.8. The fourth-order valence-corrected chi connectivity index (χ4v) is 1.72. The molecule has 1 rings (SSSR count). The number of rotatable bonds is 2. The third kappa shape index (κ3) is 4.91. The molecule has 1 heterocycles. The summed E-state index contributed by atoms with van der Waals surface area (Å²) in [6, 6.07) is 0. The summed E-state index contributed by atoms with van der Waals surface area (Å²) in [6.07, 6.45) is 0.807. The lowest BCUT2D eigenvalue weighted by molar-refractivity contribution is -0.149. The van der Waals surface area contributed by atoms with E-state index in [-0.39, 0.29) is 18.7 Å². The molecule has 0 spiro atoms. The molecule has 0 bridgehead atoms. The van der Waals surface area contributed by atoms with Gasteiger partial charge in [0.1, 0.15) is 11.7 Å². The molecule has 0 aromatic carbocycles. The van der Waals surface area contributed by atoms with Gasteiger partial charge in [0.2, 0.25) is 0 Å². The quantitative estimate of drug-likeness (QED) is 0.744. The van der Waals surface area contributed by atoms with Crippen LogP contribution in [0.3, 0.4) is 0 Å². The van der Waals surface area contributed by atoms with Crippen LogP contribution in [0, 0.1) is 0 Å². The van der Waals surface area contributed by atoms with Gasteiger partial charge in [-0.3, -0.25) is 4.79 Å². The molecule has 1 amide bonds. The van der Waals surface area contributed by atoms with Crippen LogP contribution in [-0.4, -0.2) is 48.3 Å². The monoisotopic (exact) mass is 258 g/mol. The molecule has 1 saturated heterocycles. The number of carbonyl (C=O) groups is 2. The summed E-state index contributed by atoms with van der Waals surface area (Å²) in [5.41, 5.74) is 4.69. The zero-order valence-corrected chi connectivity index (χ0v) is 11.3. The molecule has 6 nitrogen and oxygen atoms in total. The highest BCUT2D eigenvalue weighted by molar-refractivity contribution is 5.71. The lowest BCUT2D eigenvalue weighted by Gasteiger charge is -2.33. The van der Waals surface area contributed by atoms with E-state index in [1.54, 1.807) is 4.90 Å². The lowest BCUT2D eigenvalue weighted by atomic mass is 10.1. The van der Waals surface area contributed by atoms with Gasteiger partial charge in [0, 0.05) is 25.9 Å². The van der Waals surface area contributed by atoms with Crippen LogP contribution in [0.5, 0.6) is 0 Å². The van der Waals surface area contributed by atoms with Crippen LogP contribution in [0.25, 0.3) is 0 Å². The van der Waals surface area contributed by atoms with Gasteiger partial charge in [-0.15, -0.1) is 0 Å². The second-order valence-electron chi connectivity index (χ2n) is 5.36. The lowest BCUT2D eigenvalue weighted by Crippen LogP contribution is -2.44. The number of amides is 1. The molecule has 0 radical (unpaired) electrons. The number of hydrogen-bond acceptors (Lipinski definition) is 5. The van der Waals surface area contributed by atoms with E-state index in [0.717, 1.165) is 0 Å². The van der Waals surface area contributed by atoms with E-state index in [0.29, 0.717) is 25.9 Å². The van der Waals surface area contributed by atoms with Crippen LogP contribution in [0.1, 0.15) is 33.6 Å². The number of hydrogen-bond donors (Lipinski definition) is 1. The van der Waals surface area contributed by atoms with Crippen LogP contribution in [-0.2, 0) is 14.3 Å². The molecule has 0 unspecified atom stereocenters. The van der Waals surface area contributed by atoms with Crippen molar-refractivity contribution in [2.45, 2.75) is 45.3 Å². The first-order valence-corrected chi connectivity index (χ1v) is 6.19. The molecule has 0 atom stereocenters. The maximum Gasteiger partial charge on any atom is 0.410 e. The van der Waals surface area contributed by atoms with Crippen LogP contribution in [0.15, 0.2) is 0 Å². The normalized spacial score (nSPS) is 17.4. The Balaban J connectivity index is 2.35. The van der Waals surface area contributed by atoms with Gasteiger partial charge in [0.15, 0.2) is 0 Å². The van der Waals surface area contributed by atoms with Crippen molar-refractivity contribution in [2.24, 2.45) is 5.73 Å². The minimum atomic E-state index is -0.486. The van der Waals surface area contributed by atoms with Gasteiger partial charge in [0.25, 0.3) is 0 Å². The van der Waals surface area contributed by atoms with Crippen molar-refractivity contribution in [3.05, 3.63) is 0 Å². The minimum Gasteiger partial charge on any atom is -0.461 e. The number of likely N-dealkylation sites (tertiary alicyclic amines) is 1. The van der Waals surface area contributed by atoms with Gasteiger partial charge in [-0.25, -0.2) is 4.79 Å². The average molecular weight is 258 g/mol. The van der Waals surface area contributed by atoms with E-state index in [1.165, 1.54) is 0 Å². The molecule has 0 aliphatic carbocycles. The Morgan fingerprint density at radius 2 is 1.83 bits per heavy atom. The summed E-state index contributed by atoms with van der Waals surface area (Å²) < 4.78 is 10.4. The van der Waals surface area contributed by atoms with Crippen molar-refractivity contribution >= 4 is 12.1 Å². The van der Waals surface area contributed by atoms with E-state index in [1.807, 2.05) is 20.8 Å². The van der Waals surface area contributed by atoms with Gasteiger partial charge >= 0.3 is 12.1 Å². The van der Waals surface area contributed by atoms with Gasteiger partial charge < -0.3 is 20.1 Å². The number of nitrogens with zero attached hydrogens (tertiary/aromatic N) is 1. The summed E-state index contributed by atoms with van der Waals surface area (Å²) in [4.78, 5) is 24.4. The molecule has 1 aliphatic heterocycles. The predicted octanol–water partition coefficient (Wildman–Crippen LogP) is 0.888. The van der Waals surface area contributed by atoms with Crippen molar-refractivity contribution in [2.75, 3.05) is 19.6 Å².